The van der Waals surface area contributed by atoms with Crippen LogP contribution in [0.3, 0.4) is 0 Å². The van der Waals surface area contributed by atoms with E-state index < -0.39 is 0 Å². The van der Waals surface area contributed by atoms with Gasteiger partial charge in [-0.15, -0.1) is 0 Å². The van der Waals surface area contributed by atoms with E-state index in [0.717, 1.165) is 43.7 Å². The van der Waals surface area contributed by atoms with Crippen molar-refractivity contribution in [3.05, 3.63) is 65.7 Å². The molecule has 2 aromatic rings. The summed E-state index contributed by atoms with van der Waals surface area (Å²) in [6.07, 6.45) is 5.28. The van der Waals surface area contributed by atoms with Gasteiger partial charge in [0.2, 0.25) is 0 Å². The van der Waals surface area contributed by atoms with Crippen molar-refractivity contribution in [1.82, 2.24) is 0 Å². The van der Waals surface area contributed by atoms with E-state index in [2.05, 4.69) is 56.3 Å². The SMILES string of the molecule is CC(C)Oc1ccc(/C=N/CCC2(c3ccccc3)CCOC(C)(C)C2)cc1. The number of ether oxygens (including phenoxy) is 2. The van der Waals surface area contributed by atoms with Gasteiger partial charge in [0.15, 0.2) is 0 Å². The number of benzene rings is 2. The quantitative estimate of drug-likeness (QED) is 0.568. The van der Waals surface area contributed by atoms with Crippen molar-refractivity contribution >= 4 is 6.21 Å². The molecule has 3 nitrogen and oxygen atoms in total. The first kappa shape index (κ1) is 20.6. The molecule has 0 N–H and O–H groups in total. The molecule has 0 aliphatic carbocycles. The van der Waals surface area contributed by atoms with Gasteiger partial charge in [-0.3, -0.25) is 4.99 Å². The van der Waals surface area contributed by atoms with Crippen molar-refractivity contribution in [1.29, 1.82) is 0 Å². The molecule has 1 saturated heterocycles. The van der Waals surface area contributed by atoms with Gasteiger partial charge in [0.1, 0.15) is 5.75 Å². The van der Waals surface area contributed by atoms with Gasteiger partial charge in [0.05, 0.1) is 11.7 Å². The standard InChI is InChI=1S/C25H33NO2/c1-20(2)28-23-12-10-21(11-13-23)18-26-16-14-25(22-8-6-5-7-9-22)15-17-27-24(3,4)19-25/h5-13,18,20H,14-17,19H2,1-4H3/b26-18+. The van der Waals surface area contributed by atoms with Crippen molar-refractivity contribution in [2.75, 3.05) is 13.2 Å². The Morgan fingerprint density at radius 1 is 1.07 bits per heavy atom. The smallest absolute Gasteiger partial charge is 0.119 e. The molecular weight excluding hydrogens is 346 g/mol. The average Bonchev–Trinajstić information content (AvgIpc) is 2.66. The van der Waals surface area contributed by atoms with Gasteiger partial charge in [-0.2, -0.15) is 0 Å². The molecule has 1 fully saturated rings. The second-order valence-electron chi connectivity index (χ2n) is 8.70. The molecule has 1 unspecified atom stereocenters. The largest absolute Gasteiger partial charge is 0.491 e. The Morgan fingerprint density at radius 3 is 2.43 bits per heavy atom. The van der Waals surface area contributed by atoms with Gasteiger partial charge in [-0.05, 0) is 82.3 Å². The van der Waals surface area contributed by atoms with E-state index in [4.69, 9.17) is 14.5 Å². The molecule has 3 rings (SSSR count). The minimum absolute atomic E-state index is 0.0932. The van der Waals surface area contributed by atoms with E-state index in [0.29, 0.717) is 0 Å². The van der Waals surface area contributed by atoms with Crippen molar-refractivity contribution in [3.63, 3.8) is 0 Å². The lowest BCUT2D eigenvalue weighted by atomic mass is 9.67. The number of rotatable bonds is 7. The monoisotopic (exact) mass is 379 g/mol. The highest BCUT2D eigenvalue weighted by Crippen LogP contribution is 2.43. The van der Waals surface area contributed by atoms with Gasteiger partial charge in [-0.25, -0.2) is 0 Å². The summed E-state index contributed by atoms with van der Waals surface area (Å²) in [4.78, 5) is 4.74. The number of hydrogen-bond acceptors (Lipinski definition) is 3. The predicted molar refractivity (Wildman–Crippen MR) is 117 cm³/mol. The van der Waals surface area contributed by atoms with Gasteiger partial charge < -0.3 is 9.47 Å². The first-order chi connectivity index (χ1) is 13.4. The molecule has 28 heavy (non-hydrogen) atoms. The van der Waals surface area contributed by atoms with Crippen LogP contribution >= 0.6 is 0 Å². The van der Waals surface area contributed by atoms with Crippen molar-refractivity contribution in [2.45, 2.75) is 64.1 Å². The second kappa shape index (κ2) is 8.91. The molecule has 0 spiro atoms. The van der Waals surface area contributed by atoms with Crippen LogP contribution in [0.4, 0.5) is 0 Å². The lowest BCUT2D eigenvalue weighted by Gasteiger charge is -2.45. The Morgan fingerprint density at radius 2 is 1.79 bits per heavy atom. The summed E-state index contributed by atoms with van der Waals surface area (Å²) in [7, 11) is 0. The third kappa shape index (κ3) is 5.45. The summed E-state index contributed by atoms with van der Waals surface area (Å²) in [6, 6.07) is 19.0. The van der Waals surface area contributed by atoms with Crippen molar-refractivity contribution in [3.8, 4) is 5.75 Å². The lowest BCUT2D eigenvalue weighted by molar-refractivity contribution is -0.0836. The lowest BCUT2D eigenvalue weighted by Crippen LogP contribution is -2.44. The Kier molecular flexibility index (Phi) is 6.56. The van der Waals surface area contributed by atoms with Crippen LogP contribution in [0.2, 0.25) is 0 Å². The zero-order chi connectivity index (χ0) is 20.0. The number of aliphatic imine (C=N–C) groups is 1. The predicted octanol–water partition coefficient (Wildman–Crippen LogP) is 5.81. The third-order valence-electron chi connectivity index (χ3n) is 5.44. The molecule has 1 heterocycles. The minimum Gasteiger partial charge on any atom is -0.491 e. The first-order valence-electron chi connectivity index (χ1n) is 10.3. The Hall–Kier alpha value is -2.13. The van der Waals surface area contributed by atoms with Crippen molar-refractivity contribution in [2.24, 2.45) is 4.99 Å². The van der Waals surface area contributed by atoms with E-state index in [-0.39, 0.29) is 17.1 Å². The molecule has 0 saturated carbocycles. The van der Waals surface area contributed by atoms with Gasteiger partial charge in [0, 0.05) is 24.8 Å². The molecule has 2 aromatic carbocycles. The molecule has 1 aliphatic rings. The Labute approximate surface area is 169 Å². The molecule has 0 bridgehead atoms. The average molecular weight is 380 g/mol. The molecule has 3 heteroatoms. The van der Waals surface area contributed by atoms with Crippen LogP contribution in [0.1, 0.15) is 58.1 Å². The van der Waals surface area contributed by atoms with Crippen LogP contribution in [0.5, 0.6) is 5.75 Å². The molecule has 0 amide bonds. The minimum atomic E-state index is -0.0932. The van der Waals surface area contributed by atoms with Gasteiger partial charge >= 0.3 is 0 Å². The molecule has 150 valence electrons. The highest BCUT2D eigenvalue weighted by Gasteiger charge is 2.41. The summed E-state index contributed by atoms with van der Waals surface area (Å²) in [5, 5.41) is 0. The zero-order valence-corrected chi connectivity index (χ0v) is 17.7. The molecule has 0 radical (unpaired) electrons. The maximum absolute atomic E-state index is 6.01. The van der Waals surface area contributed by atoms with Crippen LogP contribution < -0.4 is 4.74 Å². The van der Waals surface area contributed by atoms with E-state index in [9.17, 15) is 0 Å². The molecule has 0 aromatic heterocycles. The highest BCUT2D eigenvalue weighted by molar-refractivity contribution is 5.79. The van der Waals surface area contributed by atoms with E-state index in [1.807, 2.05) is 32.2 Å². The summed E-state index contributed by atoms with van der Waals surface area (Å²) in [5.41, 5.74) is 2.56. The molecule has 1 aliphatic heterocycles. The molecular formula is C25H33NO2. The van der Waals surface area contributed by atoms with E-state index in [1.165, 1.54) is 5.56 Å². The van der Waals surface area contributed by atoms with Crippen molar-refractivity contribution < 1.29 is 9.47 Å². The fraction of sp³-hybridized carbons (Fsp3) is 0.480. The summed E-state index contributed by atoms with van der Waals surface area (Å²) < 4.78 is 11.7. The van der Waals surface area contributed by atoms with Gasteiger partial charge in [0.25, 0.3) is 0 Å². The van der Waals surface area contributed by atoms with Crippen LogP contribution in [-0.2, 0) is 10.2 Å². The number of hydrogen-bond donors (Lipinski definition) is 0. The summed E-state index contributed by atoms with van der Waals surface area (Å²) >= 11 is 0. The second-order valence-corrected chi connectivity index (χ2v) is 8.70. The Balaban J connectivity index is 1.66. The summed E-state index contributed by atoms with van der Waals surface area (Å²) in [5.74, 6) is 0.902. The molecule has 1 atom stereocenters. The van der Waals surface area contributed by atoms with Crippen LogP contribution in [-0.4, -0.2) is 31.1 Å². The summed E-state index contributed by atoms with van der Waals surface area (Å²) in [6.45, 7) is 10.1. The normalized spacial score (nSPS) is 21.9. The van der Waals surface area contributed by atoms with E-state index in [1.54, 1.807) is 0 Å². The van der Waals surface area contributed by atoms with Gasteiger partial charge in [-0.1, -0.05) is 30.3 Å². The topological polar surface area (TPSA) is 30.8 Å². The van der Waals surface area contributed by atoms with E-state index >= 15 is 0 Å². The maximum atomic E-state index is 6.01. The number of nitrogens with zero attached hydrogens (tertiary/aromatic N) is 1. The van der Waals surface area contributed by atoms with Crippen LogP contribution in [0, 0.1) is 0 Å². The fourth-order valence-corrected chi connectivity index (χ4v) is 4.23. The fourth-order valence-electron chi connectivity index (χ4n) is 4.23. The first-order valence-corrected chi connectivity index (χ1v) is 10.3. The Bertz CT molecular complexity index is 765. The van der Waals surface area contributed by atoms with Crippen LogP contribution in [0.25, 0.3) is 0 Å². The zero-order valence-electron chi connectivity index (χ0n) is 17.7. The third-order valence-corrected chi connectivity index (χ3v) is 5.44. The highest BCUT2D eigenvalue weighted by atomic mass is 16.5. The maximum Gasteiger partial charge on any atom is 0.119 e. The van der Waals surface area contributed by atoms with Crippen LogP contribution in [0.15, 0.2) is 59.6 Å².